The minimum absolute atomic E-state index is 0.0642. The summed E-state index contributed by atoms with van der Waals surface area (Å²) in [7, 11) is 0. The lowest BCUT2D eigenvalue weighted by molar-refractivity contribution is -0.167. The van der Waals surface area contributed by atoms with Crippen molar-refractivity contribution in [3.63, 3.8) is 0 Å². The van der Waals surface area contributed by atoms with Crippen LogP contribution < -0.4 is 0 Å². The molecular formula is C59H114O6. The van der Waals surface area contributed by atoms with Crippen LogP contribution in [0.5, 0.6) is 0 Å². The number of hydrogen-bond donors (Lipinski definition) is 0. The first kappa shape index (κ1) is 63.4. The second kappa shape index (κ2) is 50.3. The number of hydrogen-bond acceptors (Lipinski definition) is 6. The van der Waals surface area contributed by atoms with E-state index in [2.05, 4.69) is 41.5 Å². The molecule has 0 bridgehead atoms. The molecule has 0 aliphatic heterocycles. The van der Waals surface area contributed by atoms with Crippen molar-refractivity contribution >= 4 is 17.9 Å². The Balaban J connectivity index is 4.22. The highest BCUT2D eigenvalue weighted by molar-refractivity contribution is 5.71. The molecule has 0 heterocycles. The second-order valence-corrected chi connectivity index (χ2v) is 21.5. The van der Waals surface area contributed by atoms with E-state index in [-0.39, 0.29) is 31.1 Å². The van der Waals surface area contributed by atoms with Crippen molar-refractivity contribution < 1.29 is 28.6 Å². The molecule has 6 heteroatoms. The Morgan fingerprint density at radius 1 is 0.308 bits per heavy atom. The number of carbonyl (C=O) groups excluding carboxylic acids is 3. The van der Waals surface area contributed by atoms with Crippen LogP contribution >= 0.6 is 0 Å². The van der Waals surface area contributed by atoms with Gasteiger partial charge in [-0.05, 0) is 37.0 Å². The third-order valence-corrected chi connectivity index (χ3v) is 13.8. The molecule has 0 spiro atoms. The van der Waals surface area contributed by atoms with Gasteiger partial charge in [-0.1, -0.05) is 286 Å². The van der Waals surface area contributed by atoms with Crippen molar-refractivity contribution in [3.8, 4) is 0 Å². The summed E-state index contributed by atoms with van der Waals surface area (Å²) in [5, 5.41) is 0. The van der Waals surface area contributed by atoms with Crippen molar-refractivity contribution in [1.29, 1.82) is 0 Å². The van der Waals surface area contributed by atoms with E-state index in [1.807, 2.05) is 0 Å². The number of rotatable bonds is 52. The lowest BCUT2D eigenvalue weighted by Gasteiger charge is -2.18. The fourth-order valence-corrected chi connectivity index (χ4v) is 8.97. The van der Waals surface area contributed by atoms with Gasteiger partial charge in [0.15, 0.2) is 6.10 Å². The van der Waals surface area contributed by atoms with Crippen molar-refractivity contribution in [2.75, 3.05) is 13.2 Å². The lowest BCUT2D eigenvalue weighted by Crippen LogP contribution is -2.30. The Morgan fingerprint density at radius 2 is 0.538 bits per heavy atom. The molecule has 1 unspecified atom stereocenters. The molecule has 0 aromatic carbocycles. The molecule has 0 aromatic rings. The van der Waals surface area contributed by atoms with Crippen LogP contribution in [0.2, 0.25) is 0 Å². The summed E-state index contributed by atoms with van der Waals surface area (Å²) < 4.78 is 16.9. The maximum absolute atomic E-state index is 12.8. The van der Waals surface area contributed by atoms with Gasteiger partial charge in [-0.15, -0.1) is 0 Å². The van der Waals surface area contributed by atoms with E-state index in [0.717, 1.165) is 75.5 Å². The van der Waals surface area contributed by atoms with Crippen LogP contribution in [-0.4, -0.2) is 37.2 Å². The van der Waals surface area contributed by atoms with Gasteiger partial charge in [-0.3, -0.25) is 14.4 Å². The summed E-state index contributed by atoms with van der Waals surface area (Å²) in [6, 6.07) is 0. The van der Waals surface area contributed by atoms with Crippen LogP contribution in [0.3, 0.4) is 0 Å². The SMILES string of the molecule is CCC(C)CCCCCCCCC(=O)OC[C@@H](COC(=O)CCCCCCCCCCCCCCCCCCCCC(C)C)OC(=O)CCCCCCCCCCCCCCCC(C)C. The fraction of sp³-hybridized carbons (Fsp3) is 0.949. The fourth-order valence-electron chi connectivity index (χ4n) is 8.97. The zero-order valence-corrected chi connectivity index (χ0v) is 44.8. The monoisotopic (exact) mass is 919 g/mol. The molecule has 0 aliphatic carbocycles. The average Bonchev–Trinajstić information content (AvgIpc) is 3.28. The minimum Gasteiger partial charge on any atom is -0.462 e. The summed E-state index contributed by atoms with van der Waals surface area (Å²) in [5.74, 6) is 1.66. The van der Waals surface area contributed by atoms with Crippen molar-refractivity contribution in [2.24, 2.45) is 17.8 Å². The molecule has 0 N–H and O–H groups in total. The zero-order chi connectivity index (χ0) is 47.7. The van der Waals surface area contributed by atoms with Crippen LogP contribution in [0.1, 0.15) is 324 Å². The number of unbranched alkanes of at least 4 members (excludes halogenated alkanes) is 34. The van der Waals surface area contributed by atoms with E-state index in [0.29, 0.717) is 19.3 Å². The minimum atomic E-state index is -0.764. The van der Waals surface area contributed by atoms with Gasteiger partial charge in [0, 0.05) is 19.3 Å². The Morgan fingerprint density at radius 3 is 0.800 bits per heavy atom. The van der Waals surface area contributed by atoms with E-state index in [1.165, 1.54) is 205 Å². The topological polar surface area (TPSA) is 78.9 Å². The largest absolute Gasteiger partial charge is 0.462 e. The predicted octanol–water partition coefficient (Wildman–Crippen LogP) is 19.1. The lowest BCUT2D eigenvalue weighted by atomic mass is 10.00. The first-order chi connectivity index (χ1) is 31.6. The first-order valence-electron chi connectivity index (χ1n) is 29.1. The molecule has 65 heavy (non-hydrogen) atoms. The molecule has 0 fully saturated rings. The predicted molar refractivity (Wildman–Crippen MR) is 279 cm³/mol. The quantitative estimate of drug-likeness (QED) is 0.0344. The standard InChI is InChI=1S/C59H114O6/c1-7-55(6)47-41-35-31-32-37-43-49-58(61)64-52-56(65-59(62)50-44-38-30-26-22-18-14-16-20-24-28-34-40-46-54(4)5)51-63-57(60)48-42-36-29-25-21-17-13-11-9-8-10-12-15-19-23-27-33-39-45-53(2)3/h53-56H,7-52H2,1-6H3/t55?,56-/m1/s1. The average molecular weight is 920 g/mol. The van der Waals surface area contributed by atoms with E-state index in [4.69, 9.17) is 14.2 Å². The Kier molecular flexibility index (Phi) is 49.1. The molecule has 0 amide bonds. The molecule has 0 saturated heterocycles. The molecule has 0 saturated carbocycles. The highest BCUT2D eigenvalue weighted by Gasteiger charge is 2.19. The normalized spacial score (nSPS) is 12.6. The molecule has 0 rings (SSSR count). The third kappa shape index (κ3) is 51.6. The van der Waals surface area contributed by atoms with Crippen LogP contribution in [0.15, 0.2) is 0 Å². The van der Waals surface area contributed by atoms with Crippen LogP contribution in [0, 0.1) is 17.8 Å². The molecule has 0 aromatic heterocycles. The molecular weight excluding hydrogens is 805 g/mol. The summed E-state index contributed by atoms with van der Waals surface area (Å²) >= 11 is 0. The van der Waals surface area contributed by atoms with Gasteiger partial charge < -0.3 is 14.2 Å². The zero-order valence-electron chi connectivity index (χ0n) is 44.8. The Hall–Kier alpha value is -1.59. The number of ether oxygens (including phenoxy) is 3. The van der Waals surface area contributed by atoms with Crippen LogP contribution in [0.25, 0.3) is 0 Å². The highest BCUT2D eigenvalue weighted by atomic mass is 16.6. The van der Waals surface area contributed by atoms with E-state index in [9.17, 15) is 14.4 Å². The number of esters is 3. The Labute approximate surface area is 406 Å². The van der Waals surface area contributed by atoms with Gasteiger partial charge >= 0.3 is 17.9 Å². The van der Waals surface area contributed by atoms with E-state index < -0.39 is 6.10 Å². The second-order valence-electron chi connectivity index (χ2n) is 21.5. The van der Waals surface area contributed by atoms with Crippen LogP contribution in [-0.2, 0) is 28.6 Å². The molecule has 386 valence electrons. The van der Waals surface area contributed by atoms with Crippen molar-refractivity contribution in [1.82, 2.24) is 0 Å². The van der Waals surface area contributed by atoms with Gasteiger partial charge in [0.1, 0.15) is 13.2 Å². The summed E-state index contributed by atoms with van der Waals surface area (Å²) in [5.41, 5.74) is 0. The van der Waals surface area contributed by atoms with Crippen molar-refractivity contribution in [2.45, 2.75) is 330 Å². The third-order valence-electron chi connectivity index (χ3n) is 13.8. The smallest absolute Gasteiger partial charge is 0.306 e. The van der Waals surface area contributed by atoms with Gasteiger partial charge in [-0.25, -0.2) is 0 Å². The van der Waals surface area contributed by atoms with Crippen LogP contribution in [0.4, 0.5) is 0 Å². The number of carbonyl (C=O) groups is 3. The maximum atomic E-state index is 12.8. The molecule has 0 aliphatic rings. The molecule has 2 atom stereocenters. The van der Waals surface area contributed by atoms with Crippen molar-refractivity contribution in [3.05, 3.63) is 0 Å². The maximum Gasteiger partial charge on any atom is 0.306 e. The molecule has 0 radical (unpaired) electrons. The highest BCUT2D eigenvalue weighted by Crippen LogP contribution is 2.19. The first-order valence-corrected chi connectivity index (χ1v) is 29.1. The van der Waals surface area contributed by atoms with Gasteiger partial charge in [0.05, 0.1) is 0 Å². The van der Waals surface area contributed by atoms with E-state index >= 15 is 0 Å². The molecule has 6 nitrogen and oxygen atoms in total. The Bertz CT molecular complexity index is 1010. The van der Waals surface area contributed by atoms with Gasteiger partial charge in [0.25, 0.3) is 0 Å². The van der Waals surface area contributed by atoms with E-state index in [1.54, 1.807) is 0 Å². The summed E-state index contributed by atoms with van der Waals surface area (Å²) in [6.07, 6.45) is 52.5. The van der Waals surface area contributed by atoms with Gasteiger partial charge in [0.2, 0.25) is 0 Å². The summed E-state index contributed by atoms with van der Waals surface area (Å²) in [4.78, 5) is 38.1. The summed E-state index contributed by atoms with van der Waals surface area (Å²) in [6.45, 7) is 13.7. The van der Waals surface area contributed by atoms with Gasteiger partial charge in [-0.2, -0.15) is 0 Å².